The SMILES string of the molecule is CCOC1OC(C(=O)N2CCOCC2)=CC(c2ccc(C(=O)OC)cc2)C1CCCO. The first-order valence-electron chi connectivity index (χ1n) is 10.7. The molecule has 2 aliphatic heterocycles. The minimum Gasteiger partial charge on any atom is -0.465 e. The normalized spacial score (nSPS) is 23.6. The maximum Gasteiger partial charge on any atom is 0.337 e. The van der Waals surface area contributed by atoms with Crippen LogP contribution in [0.2, 0.25) is 0 Å². The largest absolute Gasteiger partial charge is 0.465 e. The van der Waals surface area contributed by atoms with Gasteiger partial charge in [0.1, 0.15) is 0 Å². The van der Waals surface area contributed by atoms with Crippen LogP contribution in [0.15, 0.2) is 36.1 Å². The highest BCUT2D eigenvalue weighted by atomic mass is 16.7. The zero-order chi connectivity index (χ0) is 22.2. The van der Waals surface area contributed by atoms with E-state index in [-0.39, 0.29) is 30.1 Å². The van der Waals surface area contributed by atoms with Crippen LogP contribution in [0.1, 0.15) is 41.6 Å². The van der Waals surface area contributed by atoms with Crippen LogP contribution in [-0.4, -0.2) is 74.8 Å². The van der Waals surface area contributed by atoms with Crippen molar-refractivity contribution in [1.82, 2.24) is 4.90 Å². The number of ether oxygens (including phenoxy) is 4. The molecule has 3 unspecified atom stereocenters. The first kappa shape index (κ1) is 23.2. The molecule has 3 atom stereocenters. The zero-order valence-electron chi connectivity index (χ0n) is 18.1. The lowest BCUT2D eigenvalue weighted by molar-refractivity contribution is -0.171. The number of aliphatic hydroxyl groups excluding tert-OH is 1. The summed E-state index contributed by atoms with van der Waals surface area (Å²) in [4.78, 5) is 26.6. The summed E-state index contributed by atoms with van der Waals surface area (Å²) < 4.78 is 22.0. The van der Waals surface area contributed by atoms with Gasteiger partial charge in [-0.3, -0.25) is 4.79 Å². The number of amides is 1. The molecule has 0 bridgehead atoms. The smallest absolute Gasteiger partial charge is 0.337 e. The van der Waals surface area contributed by atoms with Crippen molar-refractivity contribution < 1.29 is 33.6 Å². The lowest BCUT2D eigenvalue weighted by Crippen LogP contribution is -2.44. The van der Waals surface area contributed by atoms with Gasteiger partial charge in [0.25, 0.3) is 5.91 Å². The van der Waals surface area contributed by atoms with Gasteiger partial charge in [-0.05, 0) is 43.5 Å². The quantitative estimate of drug-likeness (QED) is 0.627. The lowest BCUT2D eigenvalue weighted by Gasteiger charge is -2.38. The fraction of sp³-hybridized carbons (Fsp3) is 0.565. The molecule has 8 heteroatoms. The Morgan fingerprint density at radius 3 is 2.52 bits per heavy atom. The van der Waals surface area contributed by atoms with Crippen LogP contribution in [0.3, 0.4) is 0 Å². The summed E-state index contributed by atoms with van der Waals surface area (Å²) in [6.45, 7) is 4.43. The van der Waals surface area contributed by atoms with Crippen LogP contribution in [0, 0.1) is 5.92 Å². The minimum atomic E-state index is -0.605. The van der Waals surface area contributed by atoms with Gasteiger partial charge in [-0.25, -0.2) is 4.79 Å². The molecule has 31 heavy (non-hydrogen) atoms. The van der Waals surface area contributed by atoms with Crippen molar-refractivity contribution in [2.24, 2.45) is 5.92 Å². The predicted octanol–water partition coefficient (Wildman–Crippen LogP) is 2.08. The minimum absolute atomic E-state index is 0.0621. The summed E-state index contributed by atoms with van der Waals surface area (Å²) in [5.74, 6) is -0.561. The number of hydrogen-bond acceptors (Lipinski definition) is 7. The van der Waals surface area contributed by atoms with Gasteiger partial charge in [0, 0.05) is 38.1 Å². The summed E-state index contributed by atoms with van der Waals surface area (Å²) in [5, 5.41) is 9.38. The summed E-state index contributed by atoms with van der Waals surface area (Å²) in [6, 6.07) is 7.16. The van der Waals surface area contributed by atoms with E-state index in [4.69, 9.17) is 18.9 Å². The van der Waals surface area contributed by atoms with Crippen molar-refractivity contribution >= 4 is 11.9 Å². The van der Waals surface area contributed by atoms with Crippen molar-refractivity contribution in [2.75, 3.05) is 46.6 Å². The fourth-order valence-electron chi connectivity index (χ4n) is 4.02. The van der Waals surface area contributed by atoms with Gasteiger partial charge < -0.3 is 29.0 Å². The molecule has 170 valence electrons. The van der Waals surface area contributed by atoms with E-state index in [0.29, 0.717) is 51.3 Å². The van der Waals surface area contributed by atoms with Crippen LogP contribution in [-0.2, 0) is 23.7 Å². The molecule has 1 amide bonds. The number of rotatable bonds is 8. The average molecular weight is 434 g/mol. The maximum absolute atomic E-state index is 13.1. The first-order chi connectivity index (χ1) is 15.1. The molecule has 0 radical (unpaired) electrons. The molecule has 2 heterocycles. The van der Waals surface area contributed by atoms with Gasteiger partial charge in [0.05, 0.1) is 25.9 Å². The van der Waals surface area contributed by atoms with Crippen molar-refractivity contribution in [3.63, 3.8) is 0 Å². The molecule has 3 rings (SSSR count). The van der Waals surface area contributed by atoms with E-state index in [1.807, 2.05) is 25.1 Å². The molecule has 0 spiro atoms. The molecular formula is C23H31NO7. The topological polar surface area (TPSA) is 94.5 Å². The number of methoxy groups -OCH3 is 1. The van der Waals surface area contributed by atoms with Crippen molar-refractivity contribution in [1.29, 1.82) is 0 Å². The second kappa shape index (κ2) is 11.3. The van der Waals surface area contributed by atoms with Crippen LogP contribution >= 0.6 is 0 Å². The first-order valence-corrected chi connectivity index (χ1v) is 10.7. The van der Waals surface area contributed by atoms with Crippen LogP contribution in [0.25, 0.3) is 0 Å². The van der Waals surface area contributed by atoms with E-state index in [2.05, 4.69) is 0 Å². The average Bonchev–Trinajstić information content (AvgIpc) is 2.82. The Balaban J connectivity index is 1.93. The molecule has 0 saturated carbocycles. The van der Waals surface area contributed by atoms with Crippen molar-refractivity contribution in [3.8, 4) is 0 Å². The number of hydrogen-bond donors (Lipinski definition) is 1. The number of carbonyl (C=O) groups is 2. The van der Waals surface area contributed by atoms with Gasteiger partial charge in [-0.15, -0.1) is 0 Å². The molecule has 1 aromatic carbocycles. The Kier molecular flexibility index (Phi) is 8.45. The third-order valence-corrected chi connectivity index (χ3v) is 5.64. The van der Waals surface area contributed by atoms with Gasteiger partial charge in [0.2, 0.25) is 6.29 Å². The molecule has 1 fully saturated rings. The Bertz CT molecular complexity index is 771. The molecule has 2 aliphatic rings. The molecule has 1 aromatic rings. The van der Waals surface area contributed by atoms with Gasteiger partial charge in [-0.2, -0.15) is 0 Å². The highest BCUT2D eigenvalue weighted by Gasteiger charge is 2.39. The molecular weight excluding hydrogens is 402 g/mol. The Morgan fingerprint density at radius 1 is 1.19 bits per heavy atom. The van der Waals surface area contributed by atoms with E-state index < -0.39 is 12.3 Å². The van der Waals surface area contributed by atoms with E-state index >= 15 is 0 Å². The number of nitrogens with zero attached hydrogens (tertiary/aromatic N) is 1. The second-order valence-corrected chi connectivity index (χ2v) is 7.55. The lowest BCUT2D eigenvalue weighted by atomic mass is 9.80. The number of carbonyl (C=O) groups excluding carboxylic acids is 2. The summed E-state index contributed by atoms with van der Waals surface area (Å²) in [7, 11) is 1.35. The van der Waals surface area contributed by atoms with E-state index in [1.54, 1.807) is 17.0 Å². The third kappa shape index (κ3) is 5.64. The number of morpholine rings is 1. The number of esters is 1. The number of allylic oxidation sites excluding steroid dienone is 1. The monoisotopic (exact) mass is 433 g/mol. The zero-order valence-corrected chi connectivity index (χ0v) is 18.1. The maximum atomic E-state index is 13.1. The molecule has 1 N–H and O–H groups in total. The van der Waals surface area contributed by atoms with E-state index in [0.717, 1.165) is 5.56 Å². The molecule has 1 saturated heterocycles. The number of benzene rings is 1. The summed E-state index contributed by atoms with van der Waals surface area (Å²) in [5.41, 5.74) is 1.40. The summed E-state index contributed by atoms with van der Waals surface area (Å²) in [6.07, 6.45) is 2.50. The molecule has 8 nitrogen and oxygen atoms in total. The highest BCUT2D eigenvalue weighted by molar-refractivity contribution is 5.92. The molecule has 0 aliphatic carbocycles. The summed E-state index contributed by atoms with van der Waals surface area (Å²) >= 11 is 0. The predicted molar refractivity (Wildman–Crippen MR) is 112 cm³/mol. The van der Waals surface area contributed by atoms with E-state index in [1.165, 1.54) is 7.11 Å². The van der Waals surface area contributed by atoms with Gasteiger partial charge in [0.15, 0.2) is 5.76 Å². The third-order valence-electron chi connectivity index (χ3n) is 5.64. The Labute approximate surface area is 182 Å². The van der Waals surface area contributed by atoms with Crippen LogP contribution < -0.4 is 0 Å². The Hall–Kier alpha value is -2.42. The van der Waals surface area contributed by atoms with Gasteiger partial charge in [-0.1, -0.05) is 12.1 Å². The standard InChI is InChI=1S/C23H31NO7/c1-3-30-23-18(5-4-12-25)19(16-6-8-17(9-7-16)22(27)28-2)15-20(31-23)21(26)24-10-13-29-14-11-24/h6-9,15,18-19,23,25H,3-5,10-14H2,1-2H3. The van der Waals surface area contributed by atoms with Crippen LogP contribution in [0.4, 0.5) is 0 Å². The van der Waals surface area contributed by atoms with Crippen LogP contribution in [0.5, 0.6) is 0 Å². The molecule has 0 aromatic heterocycles. The number of aliphatic hydroxyl groups is 1. The second-order valence-electron chi connectivity index (χ2n) is 7.55. The van der Waals surface area contributed by atoms with Crippen molar-refractivity contribution in [3.05, 3.63) is 47.2 Å². The highest BCUT2D eigenvalue weighted by Crippen LogP contribution is 2.39. The van der Waals surface area contributed by atoms with E-state index in [9.17, 15) is 14.7 Å². The fourth-order valence-corrected chi connectivity index (χ4v) is 4.02. The van der Waals surface area contributed by atoms with Crippen molar-refractivity contribution in [2.45, 2.75) is 32.0 Å². The Morgan fingerprint density at radius 2 is 1.90 bits per heavy atom. The van der Waals surface area contributed by atoms with Gasteiger partial charge >= 0.3 is 5.97 Å².